The van der Waals surface area contributed by atoms with Crippen molar-refractivity contribution in [3.63, 3.8) is 0 Å². The average molecular weight is 436 g/mol. The van der Waals surface area contributed by atoms with Gasteiger partial charge in [0, 0.05) is 37.9 Å². The standard InChI is InChI=1S/3C6H13NO.3C2H6/c3*1-5-4-8-3-2-6(5)7;3*1-2/h3*5-6H,2-4,7H2,1H3;3*1-2H3/t3*5-,6+;;;/m110.../s1. The van der Waals surface area contributed by atoms with Crippen LogP contribution in [0.2, 0.25) is 0 Å². The second-order valence-corrected chi connectivity index (χ2v) is 7.51. The SMILES string of the molecule is CC.CC.CC.C[C@@H]1COCC[C@@H]1N.C[C@@H]1COCC[C@@H]1N.C[C@H]1COCC[C@H]1N. The van der Waals surface area contributed by atoms with Crippen LogP contribution < -0.4 is 17.2 Å². The zero-order chi connectivity index (χ0) is 23.9. The van der Waals surface area contributed by atoms with Gasteiger partial charge in [0.25, 0.3) is 0 Å². The molecular formula is C24H57N3O3. The van der Waals surface area contributed by atoms with Crippen molar-refractivity contribution in [3.8, 4) is 0 Å². The molecule has 6 heteroatoms. The zero-order valence-corrected chi connectivity index (χ0v) is 21.8. The lowest BCUT2D eigenvalue weighted by Crippen LogP contribution is -2.36. The maximum Gasteiger partial charge on any atom is 0.0506 e. The van der Waals surface area contributed by atoms with E-state index in [1.54, 1.807) is 0 Å². The van der Waals surface area contributed by atoms with E-state index >= 15 is 0 Å². The highest BCUT2D eigenvalue weighted by Gasteiger charge is 2.18. The number of hydrogen-bond acceptors (Lipinski definition) is 6. The molecule has 0 saturated carbocycles. The third-order valence-electron chi connectivity index (χ3n) is 5.12. The van der Waals surface area contributed by atoms with E-state index in [9.17, 15) is 0 Å². The van der Waals surface area contributed by atoms with E-state index in [1.165, 1.54) is 0 Å². The Bertz CT molecular complexity index is 245. The number of ether oxygens (including phenoxy) is 3. The molecule has 30 heavy (non-hydrogen) atoms. The second kappa shape index (κ2) is 25.0. The molecule has 3 rings (SSSR count). The van der Waals surface area contributed by atoms with Crippen molar-refractivity contribution in [1.82, 2.24) is 0 Å². The lowest BCUT2D eigenvalue weighted by Gasteiger charge is -2.24. The second-order valence-electron chi connectivity index (χ2n) is 7.51. The fourth-order valence-corrected chi connectivity index (χ4v) is 2.69. The van der Waals surface area contributed by atoms with E-state index in [0.29, 0.717) is 35.9 Å². The summed E-state index contributed by atoms with van der Waals surface area (Å²) >= 11 is 0. The van der Waals surface area contributed by atoms with Crippen LogP contribution in [0.4, 0.5) is 0 Å². The van der Waals surface area contributed by atoms with E-state index in [2.05, 4.69) is 20.8 Å². The molecule has 0 aliphatic carbocycles. The Hall–Kier alpha value is -0.240. The smallest absolute Gasteiger partial charge is 0.0506 e. The van der Waals surface area contributed by atoms with E-state index in [-0.39, 0.29) is 0 Å². The minimum absolute atomic E-state index is 0.378. The molecule has 0 unspecified atom stereocenters. The molecule has 0 aromatic heterocycles. The minimum atomic E-state index is 0.378. The lowest BCUT2D eigenvalue weighted by molar-refractivity contribution is 0.0490. The molecule has 0 radical (unpaired) electrons. The van der Waals surface area contributed by atoms with Gasteiger partial charge in [-0.25, -0.2) is 0 Å². The van der Waals surface area contributed by atoms with Crippen LogP contribution in [0.5, 0.6) is 0 Å². The molecule has 0 aromatic rings. The van der Waals surface area contributed by atoms with Crippen molar-refractivity contribution >= 4 is 0 Å². The van der Waals surface area contributed by atoms with Crippen LogP contribution >= 0.6 is 0 Å². The largest absolute Gasteiger partial charge is 0.381 e. The lowest BCUT2D eigenvalue weighted by atomic mass is 9.99. The Morgan fingerprint density at radius 3 is 0.767 bits per heavy atom. The van der Waals surface area contributed by atoms with Gasteiger partial charge in [0.2, 0.25) is 0 Å². The summed E-state index contributed by atoms with van der Waals surface area (Å²) in [5.74, 6) is 1.68. The minimum Gasteiger partial charge on any atom is -0.381 e. The van der Waals surface area contributed by atoms with Crippen molar-refractivity contribution < 1.29 is 14.2 Å². The van der Waals surface area contributed by atoms with Gasteiger partial charge in [0.1, 0.15) is 0 Å². The molecule has 3 aliphatic heterocycles. The summed E-state index contributed by atoms with van der Waals surface area (Å²) < 4.78 is 15.5. The van der Waals surface area contributed by atoms with Crippen molar-refractivity contribution in [3.05, 3.63) is 0 Å². The zero-order valence-electron chi connectivity index (χ0n) is 21.8. The van der Waals surface area contributed by atoms with E-state index in [1.807, 2.05) is 41.5 Å². The average Bonchev–Trinajstić information content (AvgIpc) is 2.80. The van der Waals surface area contributed by atoms with Gasteiger partial charge in [0.15, 0.2) is 0 Å². The van der Waals surface area contributed by atoms with Crippen molar-refractivity contribution in [2.24, 2.45) is 35.0 Å². The first-order valence-corrected chi connectivity index (χ1v) is 12.4. The Kier molecular flexibility index (Phi) is 28.7. The molecule has 6 N–H and O–H groups in total. The highest BCUT2D eigenvalue weighted by molar-refractivity contribution is 4.73. The molecule has 6 atom stereocenters. The maximum atomic E-state index is 5.70. The molecule has 3 fully saturated rings. The molecule has 3 saturated heterocycles. The summed E-state index contributed by atoms with van der Waals surface area (Å²) in [7, 11) is 0. The Balaban J connectivity index is -0.000000323. The molecule has 0 bridgehead atoms. The van der Waals surface area contributed by atoms with Gasteiger partial charge < -0.3 is 31.4 Å². The predicted octanol–water partition coefficient (Wildman–Crippen LogP) is 4.19. The molecule has 0 spiro atoms. The third-order valence-corrected chi connectivity index (χ3v) is 5.12. The Morgan fingerprint density at radius 2 is 0.667 bits per heavy atom. The van der Waals surface area contributed by atoms with Crippen LogP contribution in [0.3, 0.4) is 0 Å². The fourth-order valence-electron chi connectivity index (χ4n) is 2.69. The molecule has 3 aliphatic rings. The van der Waals surface area contributed by atoms with Crippen LogP contribution in [-0.2, 0) is 14.2 Å². The first-order valence-electron chi connectivity index (χ1n) is 12.4. The van der Waals surface area contributed by atoms with E-state index in [4.69, 9.17) is 31.4 Å². The summed E-state index contributed by atoms with van der Waals surface area (Å²) in [5, 5.41) is 0. The van der Waals surface area contributed by atoms with Crippen molar-refractivity contribution in [1.29, 1.82) is 0 Å². The van der Waals surface area contributed by atoms with E-state index in [0.717, 1.165) is 58.9 Å². The Labute approximate surface area is 189 Å². The first kappa shape index (κ1) is 34.4. The topological polar surface area (TPSA) is 106 Å². The summed E-state index contributed by atoms with van der Waals surface area (Å²) in [5.41, 5.74) is 17.1. The third kappa shape index (κ3) is 18.5. The van der Waals surface area contributed by atoms with Gasteiger partial charge in [-0.1, -0.05) is 62.3 Å². The van der Waals surface area contributed by atoms with Gasteiger partial charge in [-0.05, 0) is 37.0 Å². The summed E-state index contributed by atoms with van der Waals surface area (Å²) in [6.07, 6.45) is 3.09. The van der Waals surface area contributed by atoms with Crippen molar-refractivity contribution in [2.75, 3.05) is 39.6 Å². The molecule has 3 heterocycles. The van der Waals surface area contributed by atoms with Gasteiger partial charge in [-0.3, -0.25) is 0 Å². The molecule has 6 nitrogen and oxygen atoms in total. The maximum absolute atomic E-state index is 5.70. The van der Waals surface area contributed by atoms with Crippen LogP contribution in [-0.4, -0.2) is 57.8 Å². The number of nitrogens with two attached hydrogens (primary N) is 3. The summed E-state index contributed by atoms with van der Waals surface area (Å²) in [6.45, 7) is 23.5. The van der Waals surface area contributed by atoms with Gasteiger partial charge in [-0.2, -0.15) is 0 Å². The Morgan fingerprint density at radius 1 is 0.467 bits per heavy atom. The highest BCUT2D eigenvalue weighted by atomic mass is 16.5. The monoisotopic (exact) mass is 435 g/mol. The van der Waals surface area contributed by atoms with Gasteiger partial charge >= 0.3 is 0 Å². The van der Waals surface area contributed by atoms with Crippen LogP contribution in [0.1, 0.15) is 81.6 Å². The van der Waals surface area contributed by atoms with Crippen molar-refractivity contribution in [2.45, 2.75) is 99.7 Å². The van der Waals surface area contributed by atoms with Crippen LogP contribution in [0.25, 0.3) is 0 Å². The van der Waals surface area contributed by atoms with E-state index < -0.39 is 0 Å². The number of rotatable bonds is 0. The molecular weight excluding hydrogens is 378 g/mol. The van der Waals surface area contributed by atoms with Gasteiger partial charge in [0.05, 0.1) is 19.8 Å². The summed E-state index contributed by atoms with van der Waals surface area (Å²) in [6, 6.07) is 1.14. The predicted molar refractivity (Wildman–Crippen MR) is 132 cm³/mol. The van der Waals surface area contributed by atoms with Crippen LogP contribution in [0.15, 0.2) is 0 Å². The molecule has 0 amide bonds. The highest BCUT2D eigenvalue weighted by Crippen LogP contribution is 2.11. The van der Waals surface area contributed by atoms with Crippen LogP contribution in [0, 0.1) is 17.8 Å². The number of hydrogen-bond donors (Lipinski definition) is 3. The summed E-state index contributed by atoms with van der Waals surface area (Å²) in [4.78, 5) is 0. The van der Waals surface area contributed by atoms with Gasteiger partial charge in [-0.15, -0.1) is 0 Å². The quantitative estimate of drug-likeness (QED) is 0.527. The normalized spacial score (nSPS) is 32.4. The molecule has 0 aromatic carbocycles. The molecule has 186 valence electrons. The first-order chi connectivity index (χ1) is 14.4. The fraction of sp³-hybridized carbons (Fsp3) is 1.00.